The summed E-state index contributed by atoms with van der Waals surface area (Å²) in [5, 5.41) is 0. The summed E-state index contributed by atoms with van der Waals surface area (Å²) in [6, 6.07) is 7.87. The van der Waals surface area contributed by atoms with Crippen LogP contribution in [0.5, 0.6) is 0 Å². The third kappa shape index (κ3) is 3.42. The van der Waals surface area contributed by atoms with Crippen LogP contribution in [0.1, 0.15) is 13.3 Å². The highest BCUT2D eigenvalue weighted by Crippen LogP contribution is 2.20. The molecule has 1 aromatic carbocycles. The fourth-order valence-corrected chi connectivity index (χ4v) is 2.39. The zero-order chi connectivity index (χ0) is 12.9. The summed E-state index contributed by atoms with van der Waals surface area (Å²) < 4.78 is 28.6. The standard InChI is InChI=1S/C12H14O4S/c1-3-16-12(13)9-10(2)17(14,15)11-7-5-4-6-8-11/h4-8H,2-3,9H2,1H3. The maximum Gasteiger partial charge on any atom is 0.310 e. The molecular weight excluding hydrogens is 240 g/mol. The van der Waals surface area contributed by atoms with Crippen molar-refractivity contribution >= 4 is 15.8 Å². The van der Waals surface area contributed by atoms with E-state index in [0.29, 0.717) is 0 Å². The van der Waals surface area contributed by atoms with Crippen LogP contribution in [0.2, 0.25) is 0 Å². The third-order valence-corrected chi connectivity index (χ3v) is 3.88. The Labute approximate surface area is 101 Å². The second kappa shape index (κ2) is 5.63. The molecule has 0 fully saturated rings. The molecule has 0 atom stereocenters. The molecule has 0 aliphatic rings. The van der Waals surface area contributed by atoms with Crippen LogP contribution >= 0.6 is 0 Å². The molecule has 1 aromatic rings. The lowest BCUT2D eigenvalue weighted by molar-refractivity contribution is -0.142. The summed E-state index contributed by atoms with van der Waals surface area (Å²) in [4.78, 5) is 11.2. The van der Waals surface area contributed by atoms with Gasteiger partial charge in [0.05, 0.1) is 22.8 Å². The van der Waals surface area contributed by atoms with Gasteiger partial charge < -0.3 is 4.74 Å². The molecule has 0 radical (unpaired) electrons. The molecule has 0 bridgehead atoms. The van der Waals surface area contributed by atoms with E-state index in [1.165, 1.54) is 12.1 Å². The molecule has 0 heterocycles. The average Bonchev–Trinajstić information content (AvgIpc) is 2.30. The van der Waals surface area contributed by atoms with Crippen molar-refractivity contribution in [3.63, 3.8) is 0 Å². The lowest BCUT2D eigenvalue weighted by Crippen LogP contribution is -2.11. The van der Waals surface area contributed by atoms with Crippen LogP contribution in [-0.4, -0.2) is 21.0 Å². The van der Waals surface area contributed by atoms with E-state index in [1.54, 1.807) is 25.1 Å². The van der Waals surface area contributed by atoms with E-state index in [2.05, 4.69) is 11.3 Å². The highest BCUT2D eigenvalue weighted by atomic mass is 32.2. The van der Waals surface area contributed by atoms with Crippen molar-refractivity contribution in [3.8, 4) is 0 Å². The van der Waals surface area contributed by atoms with E-state index in [9.17, 15) is 13.2 Å². The van der Waals surface area contributed by atoms with Gasteiger partial charge in [0.2, 0.25) is 9.84 Å². The molecule has 0 saturated heterocycles. The Kier molecular flexibility index (Phi) is 4.45. The first-order valence-electron chi connectivity index (χ1n) is 5.12. The molecule has 4 nitrogen and oxygen atoms in total. The number of hydrogen-bond donors (Lipinski definition) is 0. The zero-order valence-electron chi connectivity index (χ0n) is 9.55. The van der Waals surface area contributed by atoms with Gasteiger partial charge in [-0.15, -0.1) is 0 Å². The van der Waals surface area contributed by atoms with E-state index < -0.39 is 15.8 Å². The number of benzene rings is 1. The third-order valence-electron chi connectivity index (χ3n) is 2.08. The Balaban J connectivity index is 2.86. The van der Waals surface area contributed by atoms with E-state index in [1.807, 2.05) is 0 Å². The predicted molar refractivity (Wildman–Crippen MR) is 64.0 cm³/mol. The van der Waals surface area contributed by atoms with Crippen molar-refractivity contribution < 1.29 is 17.9 Å². The van der Waals surface area contributed by atoms with Crippen LogP contribution in [0.4, 0.5) is 0 Å². The quantitative estimate of drug-likeness (QED) is 0.753. The van der Waals surface area contributed by atoms with Gasteiger partial charge in [-0.3, -0.25) is 4.79 Å². The molecular formula is C12H14O4S. The van der Waals surface area contributed by atoms with Gasteiger partial charge in [-0.2, -0.15) is 0 Å². The molecule has 0 spiro atoms. The van der Waals surface area contributed by atoms with Crippen LogP contribution in [0.25, 0.3) is 0 Å². The Morgan fingerprint density at radius 3 is 2.41 bits per heavy atom. The monoisotopic (exact) mass is 254 g/mol. The van der Waals surface area contributed by atoms with Crippen molar-refractivity contribution in [3.05, 3.63) is 41.8 Å². The first kappa shape index (κ1) is 13.4. The lowest BCUT2D eigenvalue weighted by atomic mass is 10.4. The van der Waals surface area contributed by atoms with Gasteiger partial charge in [0.1, 0.15) is 0 Å². The minimum atomic E-state index is -3.65. The van der Waals surface area contributed by atoms with Crippen molar-refractivity contribution in [1.29, 1.82) is 0 Å². The highest BCUT2D eigenvalue weighted by molar-refractivity contribution is 7.95. The molecule has 92 valence electrons. The second-order valence-electron chi connectivity index (χ2n) is 3.34. The Bertz CT molecular complexity index is 503. The van der Waals surface area contributed by atoms with E-state index in [0.717, 1.165) is 0 Å². The molecule has 0 saturated carbocycles. The summed E-state index contributed by atoms with van der Waals surface area (Å²) in [6.07, 6.45) is -0.314. The molecule has 0 aliphatic heterocycles. The minimum absolute atomic E-state index is 0.134. The largest absolute Gasteiger partial charge is 0.466 e. The second-order valence-corrected chi connectivity index (χ2v) is 5.39. The van der Waals surface area contributed by atoms with Gasteiger partial charge in [-0.1, -0.05) is 24.8 Å². The number of hydrogen-bond acceptors (Lipinski definition) is 4. The molecule has 0 aliphatic carbocycles. The van der Waals surface area contributed by atoms with Crippen LogP contribution in [0, 0.1) is 0 Å². The van der Waals surface area contributed by atoms with Crippen LogP contribution in [0.15, 0.2) is 46.7 Å². The van der Waals surface area contributed by atoms with Crippen molar-refractivity contribution in [1.82, 2.24) is 0 Å². The Morgan fingerprint density at radius 1 is 1.29 bits per heavy atom. The summed E-state index contributed by atoms with van der Waals surface area (Å²) in [5.41, 5.74) is 0. The van der Waals surface area contributed by atoms with Gasteiger partial charge in [0.15, 0.2) is 0 Å². The molecule has 0 unspecified atom stereocenters. The van der Waals surface area contributed by atoms with Crippen molar-refractivity contribution in [2.75, 3.05) is 6.61 Å². The van der Waals surface area contributed by atoms with Gasteiger partial charge in [-0.05, 0) is 19.1 Å². The number of sulfone groups is 1. The summed E-state index contributed by atoms with van der Waals surface area (Å²) in [7, 11) is -3.65. The van der Waals surface area contributed by atoms with E-state index in [4.69, 9.17) is 0 Å². The van der Waals surface area contributed by atoms with Crippen molar-refractivity contribution in [2.45, 2.75) is 18.2 Å². The smallest absolute Gasteiger partial charge is 0.310 e. The summed E-state index contributed by atoms with van der Waals surface area (Å²) in [6.45, 7) is 5.32. The van der Waals surface area contributed by atoms with E-state index in [-0.39, 0.29) is 22.8 Å². The number of carbonyl (C=O) groups is 1. The maximum absolute atomic E-state index is 12.0. The van der Waals surface area contributed by atoms with Gasteiger partial charge in [0.25, 0.3) is 0 Å². The molecule has 0 N–H and O–H groups in total. The van der Waals surface area contributed by atoms with Crippen LogP contribution < -0.4 is 0 Å². The highest BCUT2D eigenvalue weighted by Gasteiger charge is 2.21. The van der Waals surface area contributed by atoms with Gasteiger partial charge >= 0.3 is 5.97 Å². The zero-order valence-corrected chi connectivity index (χ0v) is 10.4. The molecule has 1 rings (SSSR count). The van der Waals surface area contributed by atoms with Crippen LogP contribution in [0.3, 0.4) is 0 Å². The molecule has 17 heavy (non-hydrogen) atoms. The summed E-state index contributed by atoms with van der Waals surface area (Å²) in [5.74, 6) is -0.586. The predicted octanol–water partition coefficient (Wildman–Crippen LogP) is 1.93. The fourth-order valence-electron chi connectivity index (χ4n) is 1.23. The number of ether oxygens (including phenoxy) is 1. The number of esters is 1. The van der Waals surface area contributed by atoms with Crippen molar-refractivity contribution in [2.24, 2.45) is 0 Å². The van der Waals surface area contributed by atoms with Gasteiger partial charge in [-0.25, -0.2) is 8.42 Å². The van der Waals surface area contributed by atoms with Gasteiger partial charge in [0, 0.05) is 0 Å². The first-order valence-corrected chi connectivity index (χ1v) is 6.60. The first-order chi connectivity index (χ1) is 7.98. The molecule has 0 amide bonds. The minimum Gasteiger partial charge on any atom is -0.466 e. The lowest BCUT2D eigenvalue weighted by Gasteiger charge is -2.07. The normalized spacial score (nSPS) is 10.9. The van der Waals surface area contributed by atoms with E-state index >= 15 is 0 Å². The molecule has 5 heteroatoms. The Morgan fingerprint density at radius 2 is 1.88 bits per heavy atom. The SMILES string of the molecule is C=C(CC(=O)OCC)S(=O)(=O)c1ccccc1. The topological polar surface area (TPSA) is 60.4 Å². The fraction of sp³-hybridized carbons (Fsp3) is 0.250. The Hall–Kier alpha value is -1.62. The summed E-state index contributed by atoms with van der Waals surface area (Å²) >= 11 is 0. The number of carbonyl (C=O) groups excluding carboxylic acids is 1. The average molecular weight is 254 g/mol. The maximum atomic E-state index is 12.0. The molecule has 0 aromatic heterocycles. The van der Waals surface area contributed by atoms with Crippen LogP contribution in [-0.2, 0) is 19.4 Å². The number of rotatable bonds is 5.